The smallest absolute Gasteiger partial charge is 0.250 e. The highest BCUT2D eigenvalue weighted by Crippen LogP contribution is 2.35. The van der Waals surface area contributed by atoms with Crippen LogP contribution in [0.3, 0.4) is 0 Å². The third-order valence-corrected chi connectivity index (χ3v) is 7.16. The number of carbonyl (C=O) groups excluding carboxylic acids is 2. The lowest BCUT2D eigenvalue weighted by atomic mass is 9.97. The molecule has 1 amide bonds. The molecule has 2 aromatic carbocycles. The second-order valence-electron chi connectivity index (χ2n) is 9.67. The van der Waals surface area contributed by atoms with Crippen LogP contribution in [0.2, 0.25) is 0 Å². The lowest BCUT2D eigenvalue weighted by Gasteiger charge is -2.22. The topological polar surface area (TPSA) is 96.1 Å². The predicted octanol–water partition coefficient (Wildman–Crippen LogP) is 5.01. The Hall–Kier alpha value is -3.59. The number of hydrogen-bond acceptors (Lipinski definition) is 6. The van der Waals surface area contributed by atoms with Crippen molar-refractivity contribution in [1.29, 1.82) is 0 Å². The number of nitrogens with zero attached hydrogens (tertiary/aromatic N) is 3. The molecule has 1 heterocycles. The van der Waals surface area contributed by atoms with Crippen molar-refractivity contribution >= 4 is 46.7 Å². The van der Waals surface area contributed by atoms with E-state index in [1.807, 2.05) is 38.1 Å². The number of benzene rings is 2. The molecule has 0 aliphatic carbocycles. The number of aldehydes is 1. The molecule has 0 fully saturated rings. The summed E-state index contributed by atoms with van der Waals surface area (Å²) in [4.78, 5) is 33.0. The van der Waals surface area contributed by atoms with E-state index in [1.165, 1.54) is 6.07 Å². The lowest BCUT2D eigenvalue weighted by molar-refractivity contribution is -0.127. The fraction of sp³-hybridized carbons (Fsp3) is 0.367. The van der Waals surface area contributed by atoms with Crippen LogP contribution in [-0.2, 0) is 15.6 Å². The Morgan fingerprint density at radius 2 is 1.82 bits per heavy atom. The Bertz CT molecular complexity index is 1330. The second kappa shape index (κ2) is 14.0. The van der Waals surface area contributed by atoms with E-state index in [-0.39, 0.29) is 23.7 Å². The van der Waals surface area contributed by atoms with Crippen LogP contribution >= 0.6 is 0 Å². The summed E-state index contributed by atoms with van der Waals surface area (Å²) in [6.07, 6.45) is 9.43. The molecule has 0 aromatic heterocycles. The largest absolute Gasteiger partial charge is 0.387 e. The summed E-state index contributed by atoms with van der Waals surface area (Å²) < 4.78 is 26.9. The first-order chi connectivity index (χ1) is 18.7. The Morgan fingerprint density at radius 3 is 2.46 bits per heavy atom. The van der Waals surface area contributed by atoms with Crippen LogP contribution in [-0.4, -0.2) is 70.7 Å². The number of halogens is 1. The van der Waals surface area contributed by atoms with Crippen molar-refractivity contribution in [2.24, 2.45) is 10.7 Å². The van der Waals surface area contributed by atoms with Crippen LogP contribution in [0, 0.1) is 5.82 Å². The first-order valence-electron chi connectivity index (χ1n) is 13.1. The highest BCUT2D eigenvalue weighted by atomic mass is 32.2. The summed E-state index contributed by atoms with van der Waals surface area (Å²) >= 11 is 0. The van der Waals surface area contributed by atoms with Crippen molar-refractivity contribution < 1.29 is 18.2 Å². The van der Waals surface area contributed by atoms with E-state index in [1.54, 1.807) is 41.5 Å². The average molecular weight is 553 g/mol. The van der Waals surface area contributed by atoms with Gasteiger partial charge in [-0.15, -0.1) is 0 Å². The maximum absolute atomic E-state index is 15.5. The molecule has 1 aliphatic rings. The van der Waals surface area contributed by atoms with Gasteiger partial charge < -0.3 is 15.5 Å². The number of aliphatic imine (C=N–C) groups is 1. The zero-order valence-electron chi connectivity index (χ0n) is 23.1. The SMILES string of the molecule is CCCN(CCC)C(=O)C1=Cc2c(F)cc(-c3ccc(C=O)c(/C=C\N(C)CCS(C)=O)c3)cc2N=C(N)C1. The second-order valence-corrected chi connectivity index (χ2v) is 11.2. The van der Waals surface area contributed by atoms with Gasteiger partial charge in [0.25, 0.3) is 0 Å². The van der Waals surface area contributed by atoms with E-state index >= 15 is 4.39 Å². The van der Waals surface area contributed by atoms with Crippen LogP contribution in [0.5, 0.6) is 0 Å². The average Bonchev–Trinajstić information content (AvgIpc) is 3.08. The van der Waals surface area contributed by atoms with Gasteiger partial charge in [0.1, 0.15) is 11.7 Å². The molecule has 2 aromatic rings. The minimum atomic E-state index is -0.898. The molecule has 0 bridgehead atoms. The minimum Gasteiger partial charge on any atom is -0.387 e. The van der Waals surface area contributed by atoms with Crippen molar-refractivity contribution in [3.8, 4) is 11.1 Å². The van der Waals surface area contributed by atoms with Crippen LogP contribution in [0.15, 0.2) is 47.1 Å². The first kappa shape index (κ1) is 30.0. The van der Waals surface area contributed by atoms with Crippen molar-refractivity contribution in [2.75, 3.05) is 38.7 Å². The molecule has 2 N–H and O–H groups in total. The molecule has 208 valence electrons. The highest BCUT2D eigenvalue weighted by Gasteiger charge is 2.23. The van der Waals surface area contributed by atoms with E-state index in [4.69, 9.17) is 5.73 Å². The summed E-state index contributed by atoms with van der Waals surface area (Å²) in [7, 11) is 0.971. The van der Waals surface area contributed by atoms with Gasteiger partial charge in [0.2, 0.25) is 5.91 Å². The monoisotopic (exact) mass is 552 g/mol. The number of amidine groups is 1. The van der Waals surface area contributed by atoms with Crippen molar-refractivity contribution in [2.45, 2.75) is 33.1 Å². The summed E-state index contributed by atoms with van der Waals surface area (Å²) in [5, 5.41) is 0. The molecule has 7 nitrogen and oxygen atoms in total. The van der Waals surface area contributed by atoms with Crippen LogP contribution in [0.1, 0.15) is 54.6 Å². The molecule has 0 saturated heterocycles. The summed E-state index contributed by atoms with van der Waals surface area (Å²) in [6.45, 7) is 5.88. The normalized spacial score (nSPS) is 13.8. The zero-order valence-corrected chi connectivity index (χ0v) is 23.9. The number of fused-ring (bicyclic) bond motifs is 1. The summed E-state index contributed by atoms with van der Waals surface area (Å²) in [6, 6.07) is 8.42. The van der Waals surface area contributed by atoms with Gasteiger partial charge in [-0.1, -0.05) is 26.0 Å². The molecule has 1 atom stereocenters. The van der Waals surface area contributed by atoms with E-state index in [2.05, 4.69) is 4.99 Å². The minimum absolute atomic E-state index is 0.147. The molecule has 9 heteroatoms. The van der Waals surface area contributed by atoms with E-state index in [9.17, 15) is 13.8 Å². The lowest BCUT2D eigenvalue weighted by Crippen LogP contribution is -2.34. The van der Waals surface area contributed by atoms with Crippen LogP contribution in [0.4, 0.5) is 10.1 Å². The number of carbonyl (C=O) groups is 2. The van der Waals surface area contributed by atoms with Crippen molar-refractivity contribution in [3.05, 3.63) is 64.6 Å². The summed E-state index contributed by atoms with van der Waals surface area (Å²) in [5.74, 6) is 0.127. The van der Waals surface area contributed by atoms with Gasteiger partial charge in [-0.3, -0.25) is 13.8 Å². The molecule has 0 radical (unpaired) electrons. The standard InChI is InChI=1S/C30H37FN4O3S/c1-5-10-35(11-6-2)30(37)25-16-26-27(31)17-24(18-28(26)33-29(32)19-25)21-7-8-23(20-36)22(15-21)9-12-34(3)13-14-39(4)38/h7-9,12,15-18,20H,5-6,10-11,13-14,19H2,1-4H3,(H2,32,33)/b12-9-. The van der Waals surface area contributed by atoms with Crippen LogP contribution in [0.25, 0.3) is 23.3 Å². The van der Waals surface area contributed by atoms with Gasteiger partial charge >= 0.3 is 0 Å². The Kier molecular flexibility index (Phi) is 10.7. The predicted molar refractivity (Wildman–Crippen MR) is 159 cm³/mol. The molecule has 1 unspecified atom stereocenters. The number of amides is 1. The molecule has 39 heavy (non-hydrogen) atoms. The van der Waals surface area contributed by atoms with Crippen LogP contribution < -0.4 is 5.73 Å². The number of rotatable bonds is 12. The third kappa shape index (κ3) is 7.95. The van der Waals surface area contributed by atoms with Gasteiger partial charge in [0.15, 0.2) is 6.29 Å². The van der Waals surface area contributed by atoms with Crippen molar-refractivity contribution in [1.82, 2.24) is 9.80 Å². The Balaban J connectivity index is 1.99. The fourth-order valence-corrected chi connectivity index (χ4v) is 4.92. The van der Waals surface area contributed by atoms with Gasteiger partial charge in [-0.05, 0) is 66.1 Å². The molecular weight excluding hydrogens is 515 g/mol. The zero-order chi connectivity index (χ0) is 28.5. The highest BCUT2D eigenvalue weighted by molar-refractivity contribution is 7.84. The molecule has 0 spiro atoms. The molecule has 3 rings (SSSR count). The van der Waals surface area contributed by atoms with Crippen molar-refractivity contribution in [3.63, 3.8) is 0 Å². The van der Waals surface area contributed by atoms with Gasteiger partial charge in [-0.2, -0.15) is 0 Å². The van der Waals surface area contributed by atoms with E-state index in [0.29, 0.717) is 58.9 Å². The number of hydrogen-bond donors (Lipinski definition) is 1. The molecular formula is C30H37FN4O3S. The quantitative estimate of drug-likeness (QED) is 0.374. The summed E-state index contributed by atoms with van der Waals surface area (Å²) in [5.41, 5.74) is 9.63. The van der Waals surface area contributed by atoms with Gasteiger partial charge in [0.05, 0.1) is 5.69 Å². The third-order valence-electron chi connectivity index (χ3n) is 6.40. The first-order valence-corrected chi connectivity index (χ1v) is 14.8. The Labute approximate surface area is 232 Å². The fourth-order valence-electron chi connectivity index (χ4n) is 4.38. The van der Waals surface area contributed by atoms with E-state index < -0.39 is 16.6 Å². The molecule has 0 saturated carbocycles. The maximum Gasteiger partial charge on any atom is 0.250 e. The van der Waals surface area contributed by atoms with Gasteiger partial charge in [0, 0.05) is 72.6 Å². The maximum atomic E-state index is 15.5. The molecule has 1 aliphatic heterocycles. The van der Waals surface area contributed by atoms with E-state index in [0.717, 1.165) is 19.1 Å². The van der Waals surface area contributed by atoms with Gasteiger partial charge in [-0.25, -0.2) is 9.38 Å². The Morgan fingerprint density at radius 1 is 1.10 bits per heavy atom. The number of nitrogens with two attached hydrogens (primary N) is 1.